The summed E-state index contributed by atoms with van der Waals surface area (Å²) >= 11 is 3.32. The van der Waals surface area contributed by atoms with E-state index >= 15 is 0 Å². The van der Waals surface area contributed by atoms with E-state index in [1.54, 1.807) is 30.2 Å². The van der Waals surface area contributed by atoms with E-state index in [1.807, 2.05) is 29.2 Å². The van der Waals surface area contributed by atoms with Gasteiger partial charge in [0, 0.05) is 30.2 Å². The third-order valence-electron chi connectivity index (χ3n) is 5.64. The molecule has 0 unspecified atom stereocenters. The summed E-state index contributed by atoms with van der Waals surface area (Å²) in [6, 6.07) is 12.2. The number of fused-ring (bicyclic) bond motifs is 1. The first-order valence-corrected chi connectivity index (χ1v) is 12.9. The zero-order valence-electron chi connectivity index (χ0n) is 19.7. The van der Waals surface area contributed by atoms with Crippen LogP contribution in [0.15, 0.2) is 41.3 Å². The quantitative estimate of drug-likeness (QED) is 0.332. The number of carbonyl (C=O) groups excluding carboxylic acids is 1. The van der Waals surface area contributed by atoms with Crippen molar-refractivity contribution in [3.63, 3.8) is 0 Å². The second-order valence-corrected chi connectivity index (χ2v) is 9.87. The topological polar surface area (TPSA) is 45.7 Å². The number of ether oxygens (including phenoxy) is 1. The van der Waals surface area contributed by atoms with Gasteiger partial charge in [-0.3, -0.25) is 9.69 Å². The zero-order chi connectivity index (χ0) is 23.1. The summed E-state index contributed by atoms with van der Waals surface area (Å²) in [6.45, 7) is 12.0. The number of amides is 1. The van der Waals surface area contributed by atoms with Crippen LogP contribution in [0.25, 0.3) is 10.2 Å². The smallest absolute Gasteiger partial charge is 0.229 e. The molecular weight excluding hydrogens is 438 g/mol. The van der Waals surface area contributed by atoms with Crippen LogP contribution < -0.4 is 9.64 Å². The number of aryl methyl sites for hydroxylation is 2. The van der Waals surface area contributed by atoms with Gasteiger partial charge in [0.25, 0.3) is 0 Å². The number of benzene rings is 2. The van der Waals surface area contributed by atoms with Crippen LogP contribution in [0, 0.1) is 13.8 Å². The molecule has 0 atom stereocenters. The first kappa shape index (κ1) is 24.6. The van der Waals surface area contributed by atoms with Crippen LogP contribution in [0.1, 0.15) is 31.4 Å². The lowest BCUT2D eigenvalue weighted by Gasteiger charge is -2.24. The fourth-order valence-corrected chi connectivity index (χ4v) is 5.53. The van der Waals surface area contributed by atoms with Crippen molar-refractivity contribution >= 4 is 44.4 Å². The Hall–Kier alpha value is -2.09. The molecule has 0 saturated carbocycles. The maximum atomic E-state index is 13.3. The molecule has 0 aliphatic rings. The van der Waals surface area contributed by atoms with E-state index in [-0.39, 0.29) is 5.91 Å². The number of aromatic nitrogens is 1. The number of hydrogen-bond donors (Lipinski definition) is 0. The molecule has 2 aromatic carbocycles. The van der Waals surface area contributed by atoms with Crippen LogP contribution in [-0.4, -0.2) is 54.8 Å². The van der Waals surface area contributed by atoms with Crippen LogP contribution in [0.2, 0.25) is 0 Å². The molecule has 0 fully saturated rings. The van der Waals surface area contributed by atoms with Crippen LogP contribution in [-0.2, 0) is 4.79 Å². The minimum Gasteiger partial charge on any atom is -0.497 e. The first-order chi connectivity index (χ1) is 15.5. The lowest BCUT2D eigenvalue weighted by Crippen LogP contribution is -2.39. The van der Waals surface area contributed by atoms with Crippen LogP contribution in [0.4, 0.5) is 5.13 Å². The summed E-state index contributed by atoms with van der Waals surface area (Å²) in [5, 5.41) is 0.809. The fourth-order valence-electron chi connectivity index (χ4n) is 3.53. The van der Waals surface area contributed by atoms with Gasteiger partial charge in [0.2, 0.25) is 5.91 Å². The number of methoxy groups -OCH3 is 1. The van der Waals surface area contributed by atoms with E-state index in [9.17, 15) is 4.79 Å². The highest BCUT2D eigenvalue weighted by Crippen LogP contribution is 2.33. The van der Waals surface area contributed by atoms with Crippen LogP contribution in [0.3, 0.4) is 0 Å². The Morgan fingerprint density at radius 3 is 2.34 bits per heavy atom. The van der Waals surface area contributed by atoms with Gasteiger partial charge < -0.3 is 9.64 Å². The molecule has 3 rings (SSSR count). The Labute approximate surface area is 199 Å². The number of hydrogen-bond acceptors (Lipinski definition) is 6. The van der Waals surface area contributed by atoms with Crippen molar-refractivity contribution in [2.45, 2.75) is 39.0 Å². The summed E-state index contributed by atoms with van der Waals surface area (Å²) < 4.78 is 6.39. The number of nitrogens with zero attached hydrogens (tertiary/aromatic N) is 3. The van der Waals surface area contributed by atoms with E-state index in [0.29, 0.717) is 13.0 Å². The maximum Gasteiger partial charge on any atom is 0.229 e. The average molecular weight is 472 g/mol. The van der Waals surface area contributed by atoms with Gasteiger partial charge in [-0.05, 0) is 62.3 Å². The van der Waals surface area contributed by atoms with Crippen molar-refractivity contribution in [1.82, 2.24) is 9.88 Å². The van der Waals surface area contributed by atoms with E-state index in [2.05, 4.69) is 44.7 Å². The lowest BCUT2D eigenvalue weighted by molar-refractivity contribution is -0.118. The number of likely N-dealkylation sites (N-methyl/N-ethyl adjacent to an activating group) is 1. The minimum absolute atomic E-state index is 0.132. The number of rotatable bonds is 11. The van der Waals surface area contributed by atoms with Crippen molar-refractivity contribution in [3.05, 3.63) is 47.5 Å². The zero-order valence-corrected chi connectivity index (χ0v) is 21.3. The highest BCUT2D eigenvalue weighted by Gasteiger charge is 2.21. The van der Waals surface area contributed by atoms with Gasteiger partial charge in [0.05, 0.1) is 17.3 Å². The molecule has 7 heteroatoms. The van der Waals surface area contributed by atoms with E-state index < -0.39 is 0 Å². The minimum atomic E-state index is 0.132. The molecule has 0 spiro atoms. The number of thioether (sulfide) groups is 1. The third kappa shape index (κ3) is 6.03. The predicted molar refractivity (Wildman–Crippen MR) is 138 cm³/mol. The van der Waals surface area contributed by atoms with Crippen molar-refractivity contribution in [2.75, 3.05) is 43.9 Å². The fraction of sp³-hybridized carbons (Fsp3) is 0.440. The molecule has 0 radical (unpaired) electrons. The van der Waals surface area contributed by atoms with Gasteiger partial charge in [-0.1, -0.05) is 37.3 Å². The molecule has 1 aromatic heterocycles. The summed E-state index contributed by atoms with van der Waals surface area (Å²) in [5.74, 6) is 1.71. The molecule has 0 aliphatic heterocycles. The van der Waals surface area contributed by atoms with E-state index in [0.717, 1.165) is 52.2 Å². The molecule has 0 N–H and O–H groups in total. The van der Waals surface area contributed by atoms with E-state index in [1.165, 1.54) is 10.3 Å². The molecule has 0 saturated heterocycles. The summed E-state index contributed by atoms with van der Waals surface area (Å²) in [7, 11) is 1.67. The van der Waals surface area contributed by atoms with Crippen LogP contribution >= 0.6 is 23.1 Å². The van der Waals surface area contributed by atoms with E-state index in [4.69, 9.17) is 9.72 Å². The molecule has 0 aliphatic carbocycles. The largest absolute Gasteiger partial charge is 0.497 e. The van der Waals surface area contributed by atoms with Crippen molar-refractivity contribution in [1.29, 1.82) is 0 Å². The SMILES string of the molecule is CCN(CC)CCN(C(=O)CCSc1ccc(OC)cc1)c1nc2c(C)ccc(C)c2s1. The summed E-state index contributed by atoms with van der Waals surface area (Å²) in [5.41, 5.74) is 3.37. The van der Waals surface area contributed by atoms with Gasteiger partial charge >= 0.3 is 0 Å². The van der Waals surface area contributed by atoms with Crippen molar-refractivity contribution in [2.24, 2.45) is 0 Å². The second-order valence-electron chi connectivity index (χ2n) is 7.72. The van der Waals surface area contributed by atoms with Crippen LogP contribution in [0.5, 0.6) is 5.75 Å². The molecular formula is C25H33N3O2S2. The highest BCUT2D eigenvalue weighted by atomic mass is 32.2. The predicted octanol–water partition coefficient (Wildman–Crippen LogP) is 5.78. The molecule has 172 valence electrons. The molecule has 1 amide bonds. The normalized spacial score (nSPS) is 11.3. The van der Waals surface area contributed by atoms with Gasteiger partial charge in [-0.25, -0.2) is 4.98 Å². The third-order valence-corrected chi connectivity index (χ3v) is 7.87. The lowest BCUT2D eigenvalue weighted by atomic mass is 10.1. The van der Waals surface area contributed by atoms with Gasteiger partial charge in [-0.2, -0.15) is 0 Å². The summed E-state index contributed by atoms with van der Waals surface area (Å²) in [4.78, 5) is 23.6. The Kier molecular flexibility index (Phi) is 8.96. The van der Waals surface area contributed by atoms with Crippen molar-refractivity contribution < 1.29 is 9.53 Å². The number of carbonyl (C=O) groups is 1. The Morgan fingerprint density at radius 1 is 1.03 bits per heavy atom. The summed E-state index contributed by atoms with van der Waals surface area (Å²) in [6.07, 6.45) is 0.475. The van der Waals surface area contributed by atoms with Crippen molar-refractivity contribution in [3.8, 4) is 5.75 Å². The highest BCUT2D eigenvalue weighted by molar-refractivity contribution is 7.99. The molecule has 0 bridgehead atoms. The number of anilines is 1. The maximum absolute atomic E-state index is 13.3. The van der Waals surface area contributed by atoms with Gasteiger partial charge in [0.15, 0.2) is 5.13 Å². The standard InChI is InChI=1S/C25H33N3O2S2/c1-6-27(7-2)15-16-28(25-26-23-18(3)8-9-19(4)24(23)32-25)22(29)14-17-31-21-12-10-20(30-5)11-13-21/h8-13H,6-7,14-17H2,1-5H3. The molecule has 32 heavy (non-hydrogen) atoms. The first-order valence-electron chi connectivity index (χ1n) is 11.1. The Balaban J connectivity index is 1.75. The average Bonchev–Trinajstić information content (AvgIpc) is 3.26. The second kappa shape index (κ2) is 11.7. The Bertz CT molecular complexity index is 991. The number of thiazole rings is 1. The van der Waals surface area contributed by atoms with Gasteiger partial charge in [-0.15, -0.1) is 11.8 Å². The molecule has 5 nitrogen and oxygen atoms in total. The Morgan fingerprint density at radius 2 is 1.72 bits per heavy atom. The monoisotopic (exact) mass is 471 g/mol. The molecule has 1 heterocycles. The molecule has 3 aromatic rings. The van der Waals surface area contributed by atoms with Gasteiger partial charge in [0.1, 0.15) is 5.75 Å².